The van der Waals surface area contributed by atoms with E-state index >= 15 is 0 Å². The van der Waals surface area contributed by atoms with Gasteiger partial charge in [0.15, 0.2) is 0 Å². The first-order valence-electron chi connectivity index (χ1n) is 7.70. The molecule has 0 saturated heterocycles. The molecule has 136 valence electrons. The van der Waals surface area contributed by atoms with E-state index in [4.69, 9.17) is 5.73 Å². The number of nitrogens with two attached hydrogens (primary N) is 1. The van der Waals surface area contributed by atoms with Crippen molar-refractivity contribution in [3.63, 3.8) is 0 Å². The summed E-state index contributed by atoms with van der Waals surface area (Å²) in [6, 6.07) is 5.62. The first-order valence-corrected chi connectivity index (χ1v) is 7.70. The molecule has 0 bridgehead atoms. The summed E-state index contributed by atoms with van der Waals surface area (Å²) in [4.78, 5) is 12.1. The van der Waals surface area contributed by atoms with Crippen LogP contribution in [0.2, 0.25) is 0 Å². The molecular weight excluding hydrogens is 345 g/mol. The molecular formula is C16H22ClF3N2O2. The van der Waals surface area contributed by atoms with E-state index in [9.17, 15) is 18.0 Å². The topological polar surface area (TPSA) is 64.4 Å². The number of rotatable bonds is 5. The Morgan fingerprint density at radius 2 is 1.75 bits per heavy atom. The van der Waals surface area contributed by atoms with E-state index in [0.717, 1.165) is 24.8 Å². The zero-order chi connectivity index (χ0) is 16.9. The normalized spacial score (nSPS) is 16.8. The fourth-order valence-corrected chi connectivity index (χ4v) is 2.76. The molecule has 0 radical (unpaired) electrons. The zero-order valence-electron chi connectivity index (χ0n) is 13.2. The highest BCUT2D eigenvalue weighted by molar-refractivity contribution is 5.86. The molecule has 0 spiro atoms. The van der Waals surface area contributed by atoms with Gasteiger partial charge >= 0.3 is 6.36 Å². The van der Waals surface area contributed by atoms with Crippen LogP contribution in [0.5, 0.6) is 5.75 Å². The SMILES string of the molecule is Cl.NC1(C(=O)NCCc2ccc(OC(F)(F)F)cc2)CCCCC1. The smallest absolute Gasteiger partial charge is 0.406 e. The van der Waals surface area contributed by atoms with Crippen LogP contribution < -0.4 is 15.8 Å². The third kappa shape index (κ3) is 6.20. The molecule has 3 N–H and O–H groups in total. The second-order valence-corrected chi connectivity index (χ2v) is 5.91. The van der Waals surface area contributed by atoms with Gasteiger partial charge in [0, 0.05) is 6.54 Å². The highest BCUT2D eigenvalue weighted by Crippen LogP contribution is 2.26. The Hall–Kier alpha value is -1.47. The van der Waals surface area contributed by atoms with Crippen LogP contribution in [-0.2, 0) is 11.2 Å². The van der Waals surface area contributed by atoms with E-state index in [0.29, 0.717) is 25.8 Å². The Morgan fingerprint density at radius 3 is 2.29 bits per heavy atom. The summed E-state index contributed by atoms with van der Waals surface area (Å²) >= 11 is 0. The third-order valence-electron chi connectivity index (χ3n) is 4.05. The molecule has 1 amide bonds. The van der Waals surface area contributed by atoms with Gasteiger partial charge in [0.25, 0.3) is 0 Å². The molecule has 8 heteroatoms. The number of hydrogen-bond donors (Lipinski definition) is 2. The summed E-state index contributed by atoms with van der Waals surface area (Å²) in [5.74, 6) is -0.400. The van der Waals surface area contributed by atoms with Crippen LogP contribution in [0.4, 0.5) is 13.2 Å². The van der Waals surface area contributed by atoms with Crippen molar-refractivity contribution in [2.45, 2.75) is 50.4 Å². The maximum absolute atomic E-state index is 12.1. The highest BCUT2D eigenvalue weighted by Gasteiger charge is 2.34. The quantitative estimate of drug-likeness (QED) is 0.840. The van der Waals surface area contributed by atoms with E-state index in [-0.39, 0.29) is 24.1 Å². The van der Waals surface area contributed by atoms with Crippen molar-refractivity contribution in [1.82, 2.24) is 5.32 Å². The monoisotopic (exact) mass is 366 g/mol. The van der Waals surface area contributed by atoms with E-state index in [2.05, 4.69) is 10.1 Å². The molecule has 1 fully saturated rings. The van der Waals surface area contributed by atoms with Crippen molar-refractivity contribution in [1.29, 1.82) is 0 Å². The van der Waals surface area contributed by atoms with E-state index < -0.39 is 11.9 Å². The zero-order valence-corrected chi connectivity index (χ0v) is 14.0. The molecule has 0 atom stereocenters. The van der Waals surface area contributed by atoms with Gasteiger partial charge in [-0.05, 0) is 37.0 Å². The summed E-state index contributed by atoms with van der Waals surface area (Å²) in [6.45, 7) is 0.400. The van der Waals surface area contributed by atoms with E-state index in [1.807, 2.05) is 0 Å². The number of halogens is 4. The molecule has 1 saturated carbocycles. The molecule has 0 aliphatic heterocycles. The predicted octanol–water partition coefficient (Wildman–Crippen LogP) is 3.33. The van der Waals surface area contributed by atoms with Gasteiger partial charge in [0.2, 0.25) is 5.91 Å². The summed E-state index contributed by atoms with van der Waals surface area (Å²) in [5.41, 5.74) is 6.16. The van der Waals surface area contributed by atoms with Crippen LogP contribution in [0.3, 0.4) is 0 Å². The van der Waals surface area contributed by atoms with Crippen LogP contribution >= 0.6 is 12.4 Å². The van der Waals surface area contributed by atoms with Crippen molar-refractivity contribution in [3.05, 3.63) is 29.8 Å². The van der Waals surface area contributed by atoms with Crippen LogP contribution in [0, 0.1) is 0 Å². The molecule has 1 aliphatic carbocycles. The molecule has 0 unspecified atom stereocenters. The molecule has 0 aromatic heterocycles. The Bertz CT molecular complexity index is 529. The number of carbonyl (C=O) groups is 1. The van der Waals surface area contributed by atoms with Gasteiger partial charge < -0.3 is 15.8 Å². The lowest BCUT2D eigenvalue weighted by atomic mass is 9.82. The van der Waals surface area contributed by atoms with Crippen LogP contribution in [0.1, 0.15) is 37.7 Å². The maximum atomic E-state index is 12.1. The lowest BCUT2D eigenvalue weighted by Gasteiger charge is -2.31. The molecule has 1 aromatic carbocycles. The number of hydrogen-bond acceptors (Lipinski definition) is 3. The Labute approximate surface area is 145 Å². The molecule has 24 heavy (non-hydrogen) atoms. The second kappa shape index (κ2) is 8.58. The Balaban J connectivity index is 0.00000288. The fraction of sp³-hybridized carbons (Fsp3) is 0.562. The summed E-state index contributed by atoms with van der Waals surface area (Å²) in [6.07, 6.45) is 0.261. The number of alkyl halides is 3. The van der Waals surface area contributed by atoms with Crippen molar-refractivity contribution >= 4 is 18.3 Å². The van der Waals surface area contributed by atoms with Gasteiger partial charge in [-0.25, -0.2) is 0 Å². The summed E-state index contributed by atoms with van der Waals surface area (Å²) in [7, 11) is 0. The largest absolute Gasteiger partial charge is 0.573 e. The van der Waals surface area contributed by atoms with Crippen molar-refractivity contribution in [2.75, 3.05) is 6.54 Å². The van der Waals surface area contributed by atoms with Gasteiger partial charge in [-0.1, -0.05) is 31.4 Å². The summed E-state index contributed by atoms with van der Waals surface area (Å²) in [5, 5.41) is 2.82. The average molecular weight is 367 g/mol. The van der Waals surface area contributed by atoms with Crippen molar-refractivity contribution in [3.8, 4) is 5.75 Å². The lowest BCUT2D eigenvalue weighted by molar-refractivity contribution is -0.274. The molecule has 1 aromatic rings. The highest BCUT2D eigenvalue weighted by atomic mass is 35.5. The van der Waals surface area contributed by atoms with Crippen LogP contribution in [0.25, 0.3) is 0 Å². The van der Waals surface area contributed by atoms with Crippen LogP contribution in [-0.4, -0.2) is 24.4 Å². The minimum Gasteiger partial charge on any atom is -0.406 e. The number of amides is 1. The molecule has 4 nitrogen and oxygen atoms in total. The van der Waals surface area contributed by atoms with Gasteiger partial charge in [-0.15, -0.1) is 25.6 Å². The van der Waals surface area contributed by atoms with Gasteiger partial charge in [0.05, 0.1) is 5.54 Å². The molecule has 2 rings (SSSR count). The minimum atomic E-state index is -4.69. The third-order valence-corrected chi connectivity index (χ3v) is 4.05. The Kier molecular flexibility index (Phi) is 7.35. The van der Waals surface area contributed by atoms with E-state index in [1.165, 1.54) is 12.1 Å². The minimum absolute atomic E-state index is 0. The van der Waals surface area contributed by atoms with Crippen LogP contribution in [0.15, 0.2) is 24.3 Å². The maximum Gasteiger partial charge on any atom is 0.573 e. The Morgan fingerprint density at radius 1 is 1.17 bits per heavy atom. The van der Waals surface area contributed by atoms with Crippen molar-refractivity contribution < 1.29 is 22.7 Å². The summed E-state index contributed by atoms with van der Waals surface area (Å²) < 4.78 is 40.0. The molecule has 1 aliphatic rings. The second-order valence-electron chi connectivity index (χ2n) is 5.91. The van der Waals surface area contributed by atoms with Crippen molar-refractivity contribution in [2.24, 2.45) is 5.73 Å². The first kappa shape index (κ1) is 20.6. The first-order chi connectivity index (χ1) is 10.8. The molecule has 0 heterocycles. The lowest BCUT2D eigenvalue weighted by Crippen LogP contribution is -2.55. The van der Waals surface area contributed by atoms with E-state index in [1.54, 1.807) is 12.1 Å². The predicted molar refractivity (Wildman–Crippen MR) is 87.1 cm³/mol. The number of benzene rings is 1. The van der Waals surface area contributed by atoms with Gasteiger partial charge in [-0.2, -0.15) is 0 Å². The number of carbonyl (C=O) groups excluding carboxylic acids is 1. The standard InChI is InChI=1S/C16H21F3N2O2.ClH/c17-16(18,19)23-13-6-4-12(5-7-13)8-11-21-14(22)15(20)9-2-1-3-10-15;/h4-7H,1-3,8-11,20H2,(H,21,22);1H. The fourth-order valence-electron chi connectivity index (χ4n) is 2.76. The van der Waals surface area contributed by atoms with Gasteiger partial charge in [-0.3, -0.25) is 4.79 Å². The van der Waals surface area contributed by atoms with Gasteiger partial charge in [0.1, 0.15) is 5.75 Å². The number of ether oxygens (including phenoxy) is 1. The number of nitrogens with one attached hydrogen (secondary N) is 1. The average Bonchev–Trinajstić information content (AvgIpc) is 2.48.